The lowest BCUT2D eigenvalue weighted by Gasteiger charge is -2.17. The summed E-state index contributed by atoms with van der Waals surface area (Å²) in [7, 11) is 1.74. The predicted molar refractivity (Wildman–Crippen MR) is 115 cm³/mol. The van der Waals surface area contributed by atoms with E-state index in [-0.39, 0.29) is 17.8 Å². The van der Waals surface area contributed by atoms with Crippen LogP contribution in [0.4, 0.5) is 4.39 Å². The van der Waals surface area contributed by atoms with Gasteiger partial charge in [0.2, 0.25) is 0 Å². The van der Waals surface area contributed by atoms with Crippen molar-refractivity contribution in [2.75, 3.05) is 13.1 Å². The van der Waals surface area contributed by atoms with E-state index in [4.69, 9.17) is 4.74 Å². The summed E-state index contributed by atoms with van der Waals surface area (Å²) in [6, 6.07) is 17.6. The molecule has 6 nitrogen and oxygen atoms in total. The smallest absolute Gasteiger partial charge is 0.272 e. The lowest BCUT2D eigenvalue weighted by Crippen LogP contribution is -2.32. The Morgan fingerprint density at radius 3 is 2.77 bits per heavy atom. The van der Waals surface area contributed by atoms with Gasteiger partial charge in [0.05, 0.1) is 12.2 Å². The lowest BCUT2D eigenvalue weighted by atomic mass is 10.1. The van der Waals surface area contributed by atoms with Gasteiger partial charge in [0, 0.05) is 37.2 Å². The van der Waals surface area contributed by atoms with Crippen LogP contribution in [0.3, 0.4) is 0 Å². The topological polar surface area (TPSA) is 60.2 Å². The second-order valence-electron chi connectivity index (χ2n) is 7.66. The Labute approximate surface area is 178 Å². The molecule has 7 heteroatoms. The molecule has 5 rings (SSSR count). The molecule has 1 aliphatic rings. The molecule has 1 fully saturated rings. The summed E-state index contributed by atoms with van der Waals surface area (Å²) < 4.78 is 21.0. The predicted octanol–water partition coefficient (Wildman–Crippen LogP) is 4.07. The number of benzene rings is 2. The molecule has 2 aromatic carbocycles. The zero-order valence-corrected chi connectivity index (χ0v) is 17.0. The summed E-state index contributed by atoms with van der Waals surface area (Å²) in [5, 5.41) is 5.45. The fraction of sp³-hybridized carbons (Fsp3) is 0.208. The maximum atomic E-state index is 13.2. The number of rotatable bonds is 4. The zero-order chi connectivity index (χ0) is 21.4. The highest BCUT2D eigenvalue weighted by Gasteiger charge is 2.30. The van der Waals surface area contributed by atoms with Crippen molar-refractivity contribution >= 4 is 16.8 Å². The number of carbonyl (C=O) groups is 1. The van der Waals surface area contributed by atoms with E-state index in [0.717, 1.165) is 28.6 Å². The van der Waals surface area contributed by atoms with Crippen LogP contribution in [0.1, 0.15) is 16.9 Å². The van der Waals surface area contributed by atoms with Gasteiger partial charge in [-0.25, -0.2) is 4.39 Å². The van der Waals surface area contributed by atoms with Crippen LogP contribution in [-0.4, -0.2) is 44.8 Å². The number of hydrogen-bond acceptors (Lipinski definition) is 4. The third kappa shape index (κ3) is 3.74. The van der Waals surface area contributed by atoms with Crippen LogP contribution in [0, 0.1) is 5.82 Å². The zero-order valence-electron chi connectivity index (χ0n) is 17.0. The van der Waals surface area contributed by atoms with Crippen molar-refractivity contribution < 1.29 is 13.9 Å². The van der Waals surface area contributed by atoms with E-state index in [1.165, 1.54) is 12.1 Å². The maximum Gasteiger partial charge on any atom is 0.272 e. The highest BCUT2D eigenvalue weighted by Crippen LogP contribution is 2.27. The third-order valence-corrected chi connectivity index (χ3v) is 5.56. The lowest BCUT2D eigenvalue weighted by molar-refractivity contribution is 0.0762. The normalized spacial score (nSPS) is 16.1. The van der Waals surface area contributed by atoms with E-state index < -0.39 is 0 Å². The number of fused-ring (bicyclic) bond motifs is 1. The summed E-state index contributed by atoms with van der Waals surface area (Å²) in [6.07, 6.45) is 2.40. The molecule has 156 valence electrons. The van der Waals surface area contributed by atoms with Crippen molar-refractivity contribution in [2.45, 2.75) is 12.5 Å². The molecular formula is C24H21FN4O2. The Kier molecular flexibility index (Phi) is 4.86. The van der Waals surface area contributed by atoms with Crippen molar-refractivity contribution in [3.8, 4) is 17.0 Å². The van der Waals surface area contributed by atoms with Crippen LogP contribution in [0.5, 0.6) is 5.75 Å². The van der Waals surface area contributed by atoms with Crippen LogP contribution < -0.4 is 4.74 Å². The molecule has 3 heterocycles. The quantitative estimate of drug-likeness (QED) is 0.503. The minimum atomic E-state index is -0.305. The maximum absolute atomic E-state index is 13.2. The first-order valence-corrected chi connectivity index (χ1v) is 10.2. The van der Waals surface area contributed by atoms with Gasteiger partial charge in [-0.1, -0.05) is 18.2 Å². The van der Waals surface area contributed by atoms with Crippen molar-refractivity contribution in [2.24, 2.45) is 7.05 Å². The summed E-state index contributed by atoms with van der Waals surface area (Å²) in [4.78, 5) is 19.3. The largest absolute Gasteiger partial charge is 0.486 e. The van der Waals surface area contributed by atoms with Crippen LogP contribution in [-0.2, 0) is 7.05 Å². The molecule has 0 N–H and O–H groups in total. The third-order valence-electron chi connectivity index (χ3n) is 5.56. The van der Waals surface area contributed by atoms with Gasteiger partial charge in [-0.3, -0.25) is 14.5 Å². The van der Waals surface area contributed by atoms with Gasteiger partial charge in [-0.05, 0) is 42.5 Å². The van der Waals surface area contributed by atoms with Crippen LogP contribution >= 0.6 is 0 Å². The molecule has 2 aromatic heterocycles. The SMILES string of the molecule is Cn1nc(-c2ccc(F)cc2)cc1C(=O)N1CCC(Oc2cccc3cccnc23)C1. The van der Waals surface area contributed by atoms with Crippen LogP contribution in [0.15, 0.2) is 66.9 Å². The number of amides is 1. The molecule has 1 unspecified atom stereocenters. The van der Waals surface area contributed by atoms with E-state index in [9.17, 15) is 9.18 Å². The van der Waals surface area contributed by atoms with Gasteiger partial charge in [-0.2, -0.15) is 5.10 Å². The fourth-order valence-corrected chi connectivity index (χ4v) is 3.95. The standard InChI is InChI=1S/C24H21FN4O2/c1-28-21(14-20(27-28)16-7-9-18(25)10-8-16)24(30)29-13-11-19(15-29)31-22-6-2-4-17-5-3-12-26-23(17)22/h2-10,12,14,19H,11,13,15H2,1H3. The second kappa shape index (κ2) is 7.83. The van der Waals surface area contributed by atoms with E-state index >= 15 is 0 Å². The number of carbonyl (C=O) groups excluding carboxylic acids is 1. The van der Waals surface area contributed by atoms with Gasteiger partial charge in [0.25, 0.3) is 5.91 Å². The summed E-state index contributed by atoms with van der Waals surface area (Å²) in [5.74, 6) is 0.336. The minimum absolute atomic E-state index is 0.0921. The summed E-state index contributed by atoms with van der Waals surface area (Å²) in [5.41, 5.74) is 2.72. The molecular weight excluding hydrogens is 395 g/mol. The number of aryl methyl sites for hydroxylation is 1. The number of pyridine rings is 1. The first kappa shape index (κ1) is 19.2. The van der Waals surface area contributed by atoms with E-state index in [1.54, 1.807) is 41.0 Å². The van der Waals surface area contributed by atoms with Gasteiger partial charge >= 0.3 is 0 Å². The number of nitrogens with zero attached hydrogens (tertiary/aromatic N) is 4. The minimum Gasteiger partial charge on any atom is -0.486 e. The van der Waals surface area contributed by atoms with Gasteiger partial charge in [-0.15, -0.1) is 0 Å². The number of hydrogen-bond donors (Lipinski definition) is 0. The molecule has 1 amide bonds. The summed E-state index contributed by atoms with van der Waals surface area (Å²) >= 11 is 0. The van der Waals surface area contributed by atoms with Crippen molar-refractivity contribution in [3.63, 3.8) is 0 Å². The molecule has 4 aromatic rings. The van der Waals surface area contributed by atoms with Crippen molar-refractivity contribution in [3.05, 3.63) is 78.4 Å². The Balaban J connectivity index is 1.31. The first-order chi connectivity index (χ1) is 15.1. The monoisotopic (exact) mass is 416 g/mol. The van der Waals surface area contributed by atoms with Gasteiger partial charge in [0.15, 0.2) is 0 Å². The number of halogens is 1. The van der Waals surface area contributed by atoms with Crippen LogP contribution in [0.2, 0.25) is 0 Å². The van der Waals surface area contributed by atoms with E-state index in [1.807, 2.05) is 30.3 Å². The van der Waals surface area contributed by atoms with Crippen molar-refractivity contribution in [1.82, 2.24) is 19.7 Å². The molecule has 0 bridgehead atoms. The molecule has 1 saturated heterocycles. The van der Waals surface area contributed by atoms with Gasteiger partial charge in [0.1, 0.15) is 28.9 Å². The first-order valence-electron chi connectivity index (χ1n) is 10.2. The Hall–Kier alpha value is -3.74. The number of aromatic nitrogens is 3. The Morgan fingerprint density at radius 1 is 1.13 bits per heavy atom. The fourth-order valence-electron chi connectivity index (χ4n) is 3.95. The highest BCUT2D eigenvalue weighted by molar-refractivity contribution is 5.94. The molecule has 31 heavy (non-hydrogen) atoms. The number of likely N-dealkylation sites (tertiary alicyclic amines) is 1. The van der Waals surface area contributed by atoms with Crippen LogP contribution in [0.25, 0.3) is 22.2 Å². The summed E-state index contributed by atoms with van der Waals surface area (Å²) in [6.45, 7) is 1.11. The molecule has 0 aliphatic carbocycles. The average molecular weight is 416 g/mol. The van der Waals surface area contributed by atoms with Crippen molar-refractivity contribution in [1.29, 1.82) is 0 Å². The Bertz CT molecular complexity index is 1250. The van der Waals surface area contributed by atoms with E-state index in [2.05, 4.69) is 10.1 Å². The molecule has 1 aliphatic heterocycles. The Morgan fingerprint density at radius 2 is 1.94 bits per heavy atom. The highest BCUT2D eigenvalue weighted by atomic mass is 19.1. The molecule has 0 spiro atoms. The number of para-hydroxylation sites is 1. The number of ether oxygens (including phenoxy) is 1. The molecule has 0 saturated carbocycles. The molecule has 1 atom stereocenters. The molecule has 0 radical (unpaired) electrons. The second-order valence-corrected chi connectivity index (χ2v) is 7.66. The van der Waals surface area contributed by atoms with Gasteiger partial charge < -0.3 is 9.64 Å². The average Bonchev–Trinajstić information content (AvgIpc) is 3.41. The van der Waals surface area contributed by atoms with E-state index in [0.29, 0.717) is 24.5 Å².